The van der Waals surface area contributed by atoms with E-state index in [0.717, 1.165) is 13.0 Å². The van der Waals surface area contributed by atoms with Crippen molar-refractivity contribution in [3.63, 3.8) is 0 Å². The molecular formula is C13H22N2. The van der Waals surface area contributed by atoms with E-state index in [4.69, 9.17) is 0 Å². The molecule has 0 atom stereocenters. The molecule has 1 heterocycles. The fourth-order valence-electron chi connectivity index (χ4n) is 1.48. The number of nitrogens with zero attached hydrogens (tertiary/aromatic N) is 1. The van der Waals surface area contributed by atoms with Crippen LogP contribution in [-0.2, 0) is 13.0 Å². The van der Waals surface area contributed by atoms with Crippen LogP contribution >= 0.6 is 0 Å². The predicted octanol–water partition coefficient (Wildman–Crippen LogP) is 2.92. The van der Waals surface area contributed by atoms with Crippen molar-refractivity contribution < 1.29 is 0 Å². The lowest BCUT2D eigenvalue weighted by Crippen LogP contribution is -2.21. The first-order chi connectivity index (χ1) is 7.22. The molecule has 0 bridgehead atoms. The number of nitrogens with one attached hydrogen (secondary N) is 1. The highest BCUT2D eigenvalue weighted by molar-refractivity contribution is 5.18. The maximum Gasteiger partial charge on any atom is 0.0313 e. The lowest BCUT2D eigenvalue weighted by Gasteiger charge is -2.08. The second-order valence-corrected chi connectivity index (χ2v) is 4.34. The Kier molecular flexibility index (Phi) is 5.33. The number of rotatable bonds is 6. The van der Waals surface area contributed by atoms with E-state index in [1.807, 2.05) is 12.4 Å². The minimum Gasteiger partial charge on any atom is -0.310 e. The van der Waals surface area contributed by atoms with E-state index in [2.05, 4.69) is 37.1 Å². The van der Waals surface area contributed by atoms with Gasteiger partial charge >= 0.3 is 0 Å². The smallest absolute Gasteiger partial charge is 0.0313 e. The van der Waals surface area contributed by atoms with Crippen LogP contribution in [-0.4, -0.2) is 11.0 Å². The van der Waals surface area contributed by atoms with E-state index in [9.17, 15) is 0 Å². The third-order valence-corrected chi connectivity index (χ3v) is 2.38. The molecule has 0 unspecified atom stereocenters. The summed E-state index contributed by atoms with van der Waals surface area (Å²) < 4.78 is 0. The molecule has 1 N–H and O–H groups in total. The van der Waals surface area contributed by atoms with Gasteiger partial charge in [-0.1, -0.05) is 33.3 Å². The van der Waals surface area contributed by atoms with Crippen LogP contribution in [0.15, 0.2) is 18.5 Å². The lowest BCUT2D eigenvalue weighted by atomic mass is 10.1. The third kappa shape index (κ3) is 4.93. The summed E-state index contributed by atoms with van der Waals surface area (Å²) in [5, 5.41) is 3.41. The molecule has 0 saturated heterocycles. The summed E-state index contributed by atoms with van der Waals surface area (Å²) in [6, 6.07) is 2.79. The number of aromatic nitrogens is 1. The molecule has 2 nitrogen and oxygen atoms in total. The van der Waals surface area contributed by atoms with Crippen molar-refractivity contribution in [1.82, 2.24) is 10.3 Å². The molecule has 0 amide bonds. The Morgan fingerprint density at radius 3 is 2.67 bits per heavy atom. The van der Waals surface area contributed by atoms with Gasteiger partial charge in [0.25, 0.3) is 0 Å². The summed E-state index contributed by atoms with van der Waals surface area (Å²) >= 11 is 0. The van der Waals surface area contributed by atoms with Crippen LogP contribution in [0.4, 0.5) is 0 Å². The number of pyridine rings is 1. The van der Waals surface area contributed by atoms with Gasteiger partial charge in [-0.05, 0) is 24.0 Å². The number of hydrogen-bond donors (Lipinski definition) is 1. The lowest BCUT2D eigenvalue weighted by molar-refractivity contribution is 0.587. The SMILES string of the molecule is CCCCc1cncc(CNC(C)C)c1. The average Bonchev–Trinajstić information content (AvgIpc) is 2.24. The minimum absolute atomic E-state index is 0.532. The van der Waals surface area contributed by atoms with Crippen LogP contribution in [0.2, 0.25) is 0 Å². The highest BCUT2D eigenvalue weighted by Crippen LogP contribution is 2.06. The van der Waals surface area contributed by atoms with Gasteiger partial charge in [-0.15, -0.1) is 0 Å². The van der Waals surface area contributed by atoms with E-state index in [1.165, 1.54) is 24.0 Å². The van der Waals surface area contributed by atoms with Gasteiger partial charge in [0.2, 0.25) is 0 Å². The molecule has 0 fully saturated rings. The zero-order valence-corrected chi connectivity index (χ0v) is 10.1. The van der Waals surface area contributed by atoms with Gasteiger partial charge in [0, 0.05) is 25.0 Å². The van der Waals surface area contributed by atoms with Crippen LogP contribution in [0.1, 0.15) is 44.7 Å². The standard InChI is InChI=1S/C13H22N2/c1-4-5-6-12-7-13(9-14-8-12)10-15-11(2)3/h7-9,11,15H,4-6,10H2,1-3H3. The Labute approximate surface area is 93.1 Å². The fraction of sp³-hybridized carbons (Fsp3) is 0.615. The Morgan fingerprint density at radius 1 is 1.27 bits per heavy atom. The number of hydrogen-bond acceptors (Lipinski definition) is 2. The summed E-state index contributed by atoms with van der Waals surface area (Å²) in [5.41, 5.74) is 2.65. The fourth-order valence-corrected chi connectivity index (χ4v) is 1.48. The van der Waals surface area contributed by atoms with Crippen LogP contribution in [0, 0.1) is 0 Å². The second-order valence-electron chi connectivity index (χ2n) is 4.34. The second kappa shape index (κ2) is 6.57. The normalized spacial score (nSPS) is 10.9. The van der Waals surface area contributed by atoms with E-state index in [-0.39, 0.29) is 0 Å². The molecule has 0 saturated carbocycles. The van der Waals surface area contributed by atoms with E-state index < -0.39 is 0 Å². The van der Waals surface area contributed by atoms with Gasteiger partial charge < -0.3 is 5.32 Å². The summed E-state index contributed by atoms with van der Waals surface area (Å²) in [4.78, 5) is 4.28. The molecule has 1 rings (SSSR count). The molecule has 84 valence electrons. The maximum absolute atomic E-state index is 4.28. The topological polar surface area (TPSA) is 24.9 Å². The summed E-state index contributed by atoms with van der Waals surface area (Å²) in [6.07, 6.45) is 7.58. The highest BCUT2D eigenvalue weighted by Gasteiger charge is 1.98. The Morgan fingerprint density at radius 2 is 2.00 bits per heavy atom. The van der Waals surface area contributed by atoms with Crippen molar-refractivity contribution in [1.29, 1.82) is 0 Å². The van der Waals surface area contributed by atoms with Crippen molar-refractivity contribution in [3.8, 4) is 0 Å². The van der Waals surface area contributed by atoms with Crippen molar-refractivity contribution in [2.45, 2.75) is 52.6 Å². The van der Waals surface area contributed by atoms with Gasteiger partial charge in [-0.3, -0.25) is 4.98 Å². The molecule has 2 heteroatoms. The Bertz CT molecular complexity index is 282. The molecule has 15 heavy (non-hydrogen) atoms. The molecule has 0 aromatic carbocycles. The van der Waals surface area contributed by atoms with E-state index >= 15 is 0 Å². The van der Waals surface area contributed by atoms with Crippen LogP contribution < -0.4 is 5.32 Å². The molecule has 1 aromatic heterocycles. The molecule has 0 spiro atoms. The van der Waals surface area contributed by atoms with Crippen molar-refractivity contribution in [2.24, 2.45) is 0 Å². The number of aryl methyl sites for hydroxylation is 1. The van der Waals surface area contributed by atoms with Crippen molar-refractivity contribution in [2.75, 3.05) is 0 Å². The molecular weight excluding hydrogens is 184 g/mol. The molecule has 1 aromatic rings. The van der Waals surface area contributed by atoms with Crippen molar-refractivity contribution >= 4 is 0 Å². The number of unbranched alkanes of at least 4 members (excludes halogenated alkanes) is 1. The van der Waals surface area contributed by atoms with Gasteiger partial charge in [-0.25, -0.2) is 0 Å². The predicted molar refractivity (Wildman–Crippen MR) is 64.8 cm³/mol. The first-order valence-corrected chi connectivity index (χ1v) is 5.88. The molecule has 0 aliphatic rings. The quantitative estimate of drug-likeness (QED) is 0.774. The van der Waals surface area contributed by atoms with E-state index in [1.54, 1.807) is 0 Å². The van der Waals surface area contributed by atoms with Gasteiger partial charge in [0.05, 0.1) is 0 Å². The first-order valence-electron chi connectivity index (χ1n) is 5.88. The van der Waals surface area contributed by atoms with Gasteiger partial charge in [-0.2, -0.15) is 0 Å². The first kappa shape index (κ1) is 12.2. The summed E-state index contributed by atoms with van der Waals surface area (Å²) in [5.74, 6) is 0. The average molecular weight is 206 g/mol. The summed E-state index contributed by atoms with van der Waals surface area (Å²) in [7, 11) is 0. The summed E-state index contributed by atoms with van der Waals surface area (Å²) in [6.45, 7) is 7.46. The maximum atomic E-state index is 4.28. The van der Waals surface area contributed by atoms with Crippen molar-refractivity contribution in [3.05, 3.63) is 29.6 Å². The minimum atomic E-state index is 0.532. The van der Waals surface area contributed by atoms with Gasteiger partial charge in [0.1, 0.15) is 0 Å². The monoisotopic (exact) mass is 206 g/mol. The van der Waals surface area contributed by atoms with Gasteiger partial charge in [0.15, 0.2) is 0 Å². The van der Waals surface area contributed by atoms with Crippen LogP contribution in [0.5, 0.6) is 0 Å². The zero-order chi connectivity index (χ0) is 11.1. The molecule has 0 radical (unpaired) electrons. The largest absolute Gasteiger partial charge is 0.310 e. The highest BCUT2D eigenvalue weighted by atomic mass is 14.9. The Hall–Kier alpha value is -0.890. The van der Waals surface area contributed by atoms with Crippen LogP contribution in [0.25, 0.3) is 0 Å². The zero-order valence-electron chi connectivity index (χ0n) is 10.1. The third-order valence-electron chi connectivity index (χ3n) is 2.38. The van der Waals surface area contributed by atoms with Crippen LogP contribution in [0.3, 0.4) is 0 Å². The molecule has 0 aliphatic carbocycles. The molecule has 0 aliphatic heterocycles. The Balaban J connectivity index is 2.50. The van der Waals surface area contributed by atoms with E-state index in [0.29, 0.717) is 6.04 Å².